The average Bonchev–Trinajstić information content (AvgIpc) is 2.94. The number of hydrogen-bond donors (Lipinski definition) is 1. The van der Waals surface area contributed by atoms with Crippen LogP contribution in [0, 0.1) is 11.7 Å². The van der Waals surface area contributed by atoms with Crippen molar-refractivity contribution in [2.75, 3.05) is 14.1 Å². The topological polar surface area (TPSA) is 58.4 Å². The van der Waals surface area contributed by atoms with Crippen LogP contribution in [0.5, 0.6) is 0 Å². The third kappa shape index (κ3) is 4.64. The van der Waals surface area contributed by atoms with E-state index >= 15 is 0 Å². The molecule has 1 atom stereocenters. The summed E-state index contributed by atoms with van der Waals surface area (Å²) >= 11 is 0. The van der Waals surface area contributed by atoms with Crippen molar-refractivity contribution in [2.45, 2.75) is 32.9 Å². The van der Waals surface area contributed by atoms with E-state index in [1.54, 1.807) is 37.2 Å². The number of amides is 1. The van der Waals surface area contributed by atoms with Crippen LogP contribution in [0.15, 0.2) is 34.9 Å². The number of aromatic nitrogens is 1. The van der Waals surface area contributed by atoms with E-state index in [2.05, 4.69) is 24.3 Å². The highest BCUT2D eigenvalue weighted by atomic mass is 19.1. The Labute approximate surface area is 141 Å². The smallest absolute Gasteiger partial charge is 0.242 e. The molecule has 0 bridgehead atoms. The Hall–Kier alpha value is -2.21. The van der Waals surface area contributed by atoms with Gasteiger partial charge in [-0.3, -0.25) is 9.69 Å². The number of nitrogens with zero attached hydrogens (tertiary/aromatic N) is 2. The van der Waals surface area contributed by atoms with Crippen LogP contribution in [0.4, 0.5) is 4.39 Å². The quantitative estimate of drug-likeness (QED) is 0.846. The highest BCUT2D eigenvalue weighted by molar-refractivity contribution is 5.83. The zero-order chi connectivity index (χ0) is 17.7. The number of halogens is 1. The number of carbonyl (C=O) groups is 1. The second-order valence-corrected chi connectivity index (χ2v) is 6.49. The van der Waals surface area contributed by atoms with E-state index in [1.165, 1.54) is 6.07 Å². The molecule has 1 amide bonds. The minimum absolute atomic E-state index is 0.225. The molecule has 2 aromatic rings. The van der Waals surface area contributed by atoms with Gasteiger partial charge in [-0.25, -0.2) is 4.39 Å². The highest BCUT2D eigenvalue weighted by Crippen LogP contribution is 2.21. The number of benzene rings is 1. The van der Waals surface area contributed by atoms with Crippen LogP contribution in [-0.4, -0.2) is 30.1 Å². The Bertz CT molecular complexity index is 682. The zero-order valence-electron chi connectivity index (χ0n) is 14.5. The lowest BCUT2D eigenvalue weighted by Crippen LogP contribution is -2.37. The summed E-state index contributed by atoms with van der Waals surface area (Å²) in [5.74, 6) is 0.388. The van der Waals surface area contributed by atoms with Gasteiger partial charge in [-0.1, -0.05) is 37.2 Å². The Balaban J connectivity index is 2.04. The van der Waals surface area contributed by atoms with Gasteiger partial charge in [0.15, 0.2) is 5.76 Å². The molecule has 0 aliphatic heterocycles. The Morgan fingerprint density at radius 1 is 1.33 bits per heavy atom. The summed E-state index contributed by atoms with van der Waals surface area (Å²) in [6.07, 6.45) is 0.826. The lowest BCUT2D eigenvalue weighted by molar-refractivity contribution is -0.126. The molecule has 1 N–H and O–H groups in total. The maximum absolute atomic E-state index is 14.0. The second kappa shape index (κ2) is 8.06. The van der Waals surface area contributed by atoms with Crippen molar-refractivity contribution in [3.05, 3.63) is 53.2 Å². The van der Waals surface area contributed by atoms with Crippen LogP contribution in [0.25, 0.3) is 0 Å². The summed E-state index contributed by atoms with van der Waals surface area (Å²) in [4.78, 5) is 14.2. The van der Waals surface area contributed by atoms with Crippen molar-refractivity contribution in [3.8, 4) is 0 Å². The molecule has 0 aliphatic rings. The minimum atomic E-state index is -0.704. The average molecular weight is 333 g/mol. The van der Waals surface area contributed by atoms with Crippen molar-refractivity contribution < 1.29 is 13.7 Å². The first-order valence-corrected chi connectivity index (χ1v) is 8.01. The molecule has 130 valence electrons. The molecule has 1 heterocycles. The molecule has 24 heavy (non-hydrogen) atoms. The van der Waals surface area contributed by atoms with Gasteiger partial charge in [0.05, 0.1) is 12.2 Å². The predicted octanol–water partition coefficient (Wildman–Crippen LogP) is 2.93. The summed E-state index contributed by atoms with van der Waals surface area (Å²) in [5.41, 5.74) is 1.21. The van der Waals surface area contributed by atoms with Crippen molar-refractivity contribution in [1.82, 2.24) is 15.4 Å². The number of hydrogen-bond acceptors (Lipinski definition) is 4. The number of rotatable bonds is 7. The van der Waals surface area contributed by atoms with Crippen LogP contribution in [0.1, 0.15) is 36.9 Å². The maximum atomic E-state index is 14.0. The molecule has 2 rings (SSSR count). The van der Waals surface area contributed by atoms with Gasteiger partial charge < -0.3 is 9.84 Å². The molecule has 1 aromatic heterocycles. The van der Waals surface area contributed by atoms with Crippen molar-refractivity contribution in [2.24, 2.45) is 5.92 Å². The predicted molar refractivity (Wildman–Crippen MR) is 89.7 cm³/mol. The Kier molecular flexibility index (Phi) is 6.09. The lowest BCUT2D eigenvalue weighted by atomic mass is 10.0. The molecule has 6 heteroatoms. The molecule has 0 spiro atoms. The van der Waals surface area contributed by atoms with Crippen molar-refractivity contribution >= 4 is 5.91 Å². The van der Waals surface area contributed by atoms with E-state index in [1.807, 2.05) is 6.07 Å². The number of nitrogens with one attached hydrogen (secondary N) is 1. The highest BCUT2D eigenvalue weighted by Gasteiger charge is 2.25. The third-order valence-electron chi connectivity index (χ3n) is 3.63. The molecule has 0 aliphatic carbocycles. The van der Waals surface area contributed by atoms with Gasteiger partial charge in [0.2, 0.25) is 5.91 Å². The van der Waals surface area contributed by atoms with E-state index in [0.717, 1.165) is 12.1 Å². The van der Waals surface area contributed by atoms with Gasteiger partial charge in [0, 0.05) is 11.6 Å². The monoisotopic (exact) mass is 333 g/mol. The molecule has 0 radical (unpaired) electrons. The molecule has 1 aromatic carbocycles. The molecule has 0 saturated carbocycles. The molecular weight excluding hydrogens is 309 g/mol. The van der Waals surface area contributed by atoms with Crippen LogP contribution in [0.3, 0.4) is 0 Å². The first-order chi connectivity index (χ1) is 11.4. The van der Waals surface area contributed by atoms with E-state index in [4.69, 9.17) is 4.52 Å². The van der Waals surface area contributed by atoms with Crippen molar-refractivity contribution in [1.29, 1.82) is 0 Å². The Morgan fingerprint density at radius 3 is 2.67 bits per heavy atom. The standard InChI is InChI=1S/C18H24FN3O2/c1-12(2)9-13-10-14(24-21-13)11-20-18(23)17(22(3)4)15-7-5-6-8-16(15)19/h5-8,10,12,17H,9,11H2,1-4H3,(H,20,23)/t17-/m0/s1. The van der Waals surface area contributed by atoms with Crippen LogP contribution in [-0.2, 0) is 17.8 Å². The number of likely N-dealkylation sites (N-methyl/N-ethyl adjacent to an activating group) is 1. The SMILES string of the molecule is CC(C)Cc1cc(CNC(=O)[C@H](c2ccccc2F)N(C)C)on1. The van der Waals surface area contributed by atoms with E-state index in [0.29, 0.717) is 17.2 Å². The van der Waals surface area contributed by atoms with Crippen LogP contribution >= 0.6 is 0 Å². The van der Waals surface area contributed by atoms with Crippen LogP contribution in [0.2, 0.25) is 0 Å². The second-order valence-electron chi connectivity index (χ2n) is 6.49. The summed E-state index contributed by atoms with van der Waals surface area (Å²) in [6, 6.07) is 7.44. The molecular formula is C18H24FN3O2. The summed E-state index contributed by atoms with van der Waals surface area (Å²) in [6.45, 7) is 4.43. The first-order valence-electron chi connectivity index (χ1n) is 8.01. The molecule has 5 nitrogen and oxygen atoms in total. The van der Waals surface area contributed by atoms with Gasteiger partial charge >= 0.3 is 0 Å². The largest absolute Gasteiger partial charge is 0.359 e. The fourth-order valence-corrected chi connectivity index (χ4v) is 2.58. The van der Waals surface area contributed by atoms with Gasteiger partial charge in [0.1, 0.15) is 11.9 Å². The molecule has 0 saturated heterocycles. The summed E-state index contributed by atoms with van der Waals surface area (Å²) in [7, 11) is 3.48. The summed E-state index contributed by atoms with van der Waals surface area (Å²) < 4.78 is 19.2. The third-order valence-corrected chi connectivity index (χ3v) is 3.63. The summed E-state index contributed by atoms with van der Waals surface area (Å²) in [5, 5.41) is 6.78. The van der Waals surface area contributed by atoms with E-state index < -0.39 is 11.9 Å². The van der Waals surface area contributed by atoms with Gasteiger partial charge in [0.25, 0.3) is 0 Å². The van der Waals surface area contributed by atoms with Crippen molar-refractivity contribution in [3.63, 3.8) is 0 Å². The van der Waals surface area contributed by atoms with Gasteiger partial charge in [-0.15, -0.1) is 0 Å². The normalized spacial score (nSPS) is 12.6. The molecule has 0 fully saturated rings. The fourth-order valence-electron chi connectivity index (χ4n) is 2.58. The van der Waals surface area contributed by atoms with E-state index in [-0.39, 0.29) is 12.5 Å². The minimum Gasteiger partial charge on any atom is -0.359 e. The molecule has 0 unspecified atom stereocenters. The lowest BCUT2D eigenvalue weighted by Gasteiger charge is -2.23. The Morgan fingerprint density at radius 2 is 2.04 bits per heavy atom. The van der Waals surface area contributed by atoms with E-state index in [9.17, 15) is 9.18 Å². The zero-order valence-corrected chi connectivity index (χ0v) is 14.5. The van der Waals surface area contributed by atoms with Crippen LogP contribution < -0.4 is 5.32 Å². The first kappa shape index (κ1) is 18.1. The van der Waals surface area contributed by atoms with Gasteiger partial charge in [-0.2, -0.15) is 0 Å². The maximum Gasteiger partial charge on any atom is 0.242 e. The fraction of sp³-hybridized carbons (Fsp3) is 0.444. The number of carbonyl (C=O) groups excluding carboxylic acids is 1. The van der Waals surface area contributed by atoms with Gasteiger partial charge in [-0.05, 0) is 32.5 Å².